The quantitative estimate of drug-likeness (QED) is 0.159. The average molecular weight is 681 g/mol. The number of likely N-dealkylation sites (tertiary alicyclic amines) is 1. The fourth-order valence-electron chi connectivity index (χ4n) is 6.54. The predicted molar refractivity (Wildman–Crippen MR) is 179 cm³/mol. The molecular formula is C33H56N6O7S. The maximum Gasteiger partial charge on any atom is 0.315 e. The van der Waals surface area contributed by atoms with Crippen molar-refractivity contribution in [2.24, 2.45) is 34.0 Å². The van der Waals surface area contributed by atoms with Crippen molar-refractivity contribution in [1.82, 2.24) is 30.5 Å². The smallest absolute Gasteiger partial charge is 0.315 e. The lowest BCUT2D eigenvalue weighted by Crippen LogP contribution is -2.63. The number of carbonyl (C=O) groups excluding carboxylic acids is 5. The Morgan fingerprint density at radius 2 is 1.60 bits per heavy atom. The van der Waals surface area contributed by atoms with Crippen molar-refractivity contribution in [2.45, 2.75) is 99.3 Å². The zero-order chi connectivity index (χ0) is 35.9. The zero-order valence-electron chi connectivity index (χ0n) is 29.7. The molecule has 47 heavy (non-hydrogen) atoms. The molecular weight excluding hydrogens is 624 g/mol. The van der Waals surface area contributed by atoms with Gasteiger partial charge in [-0.25, -0.2) is 17.5 Å². The van der Waals surface area contributed by atoms with Crippen molar-refractivity contribution < 1.29 is 32.4 Å². The van der Waals surface area contributed by atoms with Crippen LogP contribution in [0.3, 0.4) is 0 Å². The van der Waals surface area contributed by atoms with E-state index < -0.39 is 74.6 Å². The monoisotopic (exact) mass is 680 g/mol. The molecule has 0 aromatic carbocycles. The number of piperidine rings is 1. The Kier molecular flexibility index (Phi) is 11.3. The summed E-state index contributed by atoms with van der Waals surface area (Å²) in [5.41, 5.74) is -1.47. The molecule has 13 nitrogen and oxygen atoms in total. The molecule has 0 aromatic heterocycles. The van der Waals surface area contributed by atoms with Gasteiger partial charge in [-0.05, 0) is 53.8 Å². The molecule has 1 unspecified atom stereocenters. The average Bonchev–Trinajstić information content (AvgIpc) is 3.84. The summed E-state index contributed by atoms with van der Waals surface area (Å²) in [6, 6.07) is -4.10. The van der Waals surface area contributed by atoms with Crippen LogP contribution in [-0.2, 0) is 29.2 Å². The summed E-state index contributed by atoms with van der Waals surface area (Å²) in [5.74, 6) is -2.73. The summed E-state index contributed by atoms with van der Waals surface area (Å²) < 4.78 is 26.1. The SMILES string of the molecule is C=CCNC(=O)C(=O)C(NC(=O)[C@@H]1[C@@H]2[C@H](CN1C(=O)[C@@H](NC(=O)N[C@H](CN(C)S(=O)(=O)CC)C(C)(C)C)C(C)(C)C)C2(C)C)C1CC1. The van der Waals surface area contributed by atoms with Gasteiger partial charge in [0.1, 0.15) is 18.1 Å². The first-order valence-electron chi connectivity index (χ1n) is 16.5. The predicted octanol–water partition coefficient (Wildman–Crippen LogP) is 1.65. The lowest BCUT2D eigenvalue weighted by molar-refractivity contribution is -0.145. The molecule has 6 atom stereocenters. The van der Waals surface area contributed by atoms with Crippen molar-refractivity contribution in [1.29, 1.82) is 0 Å². The van der Waals surface area contributed by atoms with Gasteiger partial charge in [-0.2, -0.15) is 0 Å². The highest BCUT2D eigenvalue weighted by Gasteiger charge is 2.70. The molecule has 0 spiro atoms. The standard InChI is InChI=1S/C33H56N6O7S/c1-12-16-34-28(42)25(40)23(19-14-15-19)36-27(41)24-22-20(33(22,9)10)17-39(24)29(43)26(32(6,7)8)37-30(44)35-21(31(3,4)5)18-38(11)47(45,46)13-2/h12,19-24,26H,1,13-18H2,2-11H3,(H,34,42)(H,36,41)(H2,35,37,44)/t20-,21+,22-,23?,24-,26+/m0/s1. The third-order valence-electron chi connectivity index (χ3n) is 10.1. The number of likely N-dealkylation sites (N-methyl/N-ethyl adjacent to an activating group) is 1. The fraction of sp³-hybridized carbons (Fsp3) is 0.788. The second-order valence-corrected chi connectivity index (χ2v) is 18.5. The zero-order valence-corrected chi connectivity index (χ0v) is 30.5. The molecule has 0 radical (unpaired) electrons. The van der Waals surface area contributed by atoms with Crippen molar-refractivity contribution in [2.75, 3.05) is 32.4 Å². The van der Waals surface area contributed by atoms with Crippen LogP contribution in [0.5, 0.6) is 0 Å². The van der Waals surface area contributed by atoms with Crippen molar-refractivity contribution in [3.63, 3.8) is 0 Å². The Morgan fingerprint density at radius 1 is 1.00 bits per heavy atom. The molecule has 1 saturated heterocycles. The van der Waals surface area contributed by atoms with Crippen molar-refractivity contribution in [3.05, 3.63) is 12.7 Å². The summed E-state index contributed by atoms with van der Waals surface area (Å²) >= 11 is 0. The fourth-order valence-corrected chi connectivity index (χ4v) is 7.36. The number of nitrogens with zero attached hydrogens (tertiary/aromatic N) is 2. The minimum Gasteiger partial charge on any atom is -0.346 e. The van der Waals surface area contributed by atoms with Crippen LogP contribution in [0.25, 0.3) is 0 Å². The number of fused-ring (bicyclic) bond motifs is 1. The van der Waals surface area contributed by atoms with E-state index in [2.05, 4.69) is 27.8 Å². The van der Waals surface area contributed by atoms with E-state index in [9.17, 15) is 32.4 Å². The second-order valence-electron chi connectivity index (χ2n) is 16.1. The molecule has 3 fully saturated rings. The molecule has 2 aliphatic carbocycles. The molecule has 0 aromatic rings. The summed E-state index contributed by atoms with van der Waals surface area (Å²) in [4.78, 5) is 68.8. The van der Waals surface area contributed by atoms with Gasteiger partial charge in [-0.1, -0.05) is 61.5 Å². The van der Waals surface area contributed by atoms with E-state index in [4.69, 9.17) is 0 Å². The van der Waals surface area contributed by atoms with E-state index in [1.807, 2.05) is 55.4 Å². The van der Waals surface area contributed by atoms with Crippen LogP contribution in [0.15, 0.2) is 12.7 Å². The number of rotatable bonds is 14. The van der Waals surface area contributed by atoms with Gasteiger partial charge in [0.25, 0.3) is 5.91 Å². The Hall–Kier alpha value is -3.00. The number of hydrogen-bond acceptors (Lipinski definition) is 7. The van der Waals surface area contributed by atoms with Gasteiger partial charge in [0, 0.05) is 32.7 Å². The highest BCUT2D eigenvalue weighted by Crippen LogP contribution is 2.65. The third-order valence-corrected chi connectivity index (χ3v) is 11.9. The maximum atomic E-state index is 14.3. The number of urea groups is 1. The number of carbonyl (C=O) groups is 5. The van der Waals surface area contributed by atoms with Crippen LogP contribution >= 0.6 is 0 Å². The molecule has 1 aliphatic heterocycles. The first-order chi connectivity index (χ1) is 21.5. The summed E-state index contributed by atoms with van der Waals surface area (Å²) in [7, 11) is -2.02. The number of sulfonamides is 1. The van der Waals surface area contributed by atoms with Crippen molar-refractivity contribution in [3.8, 4) is 0 Å². The van der Waals surface area contributed by atoms with Gasteiger partial charge in [-0.3, -0.25) is 19.2 Å². The van der Waals surface area contributed by atoms with Crippen molar-refractivity contribution >= 4 is 39.6 Å². The second kappa shape index (κ2) is 13.9. The van der Waals surface area contributed by atoms with Crippen LogP contribution in [-0.4, -0.2) is 104 Å². The maximum absolute atomic E-state index is 14.3. The van der Waals surface area contributed by atoms with Gasteiger partial charge in [0.15, 0.2) is 0 Å². The van der Waals surface area contributed by atoms with Gasteiger partial charge < -0.3 is 26.2 Å². The molecule has 5 amide bonds. The minimum absolute atomic E-state index is 0.0422. The topological polar surface area (TPSA) is 174 Å². The van der Waals surface area contributed by atoms with E-state index >= 15 is 0 Å². The van der Waals surface area contributed by atoms with Crippen LogP contribution in [0.2, 0.25) is 0 Å². The Balaban J connectivity index is 1.82. The minimum atomic E-state index is -3.49. The first kappa shape index (κ1) is 38.4. The molecule has 0 bridgehead atoms. The molecule has 14 heteroatoms. The number of ketones is 1. The normalized spacial score (nSPS) is 24.0. The lowest BCUT2D eigenvalue weighted by Gasteiger charge is -2.39. The van der Waals surface area contributed by atoms with Gasteiger partial charge >= 0.3 is 6.03 Å². The Morgan fingerprint density at radius 3 is 2.09 bits per heavy atom. The summed E-state index contributed by atoms with van der Waals surface area (Å²) in [6.07, 6.45) is 2.88. The number of Topliss-reactive ketones (excluding diaryl/α,β-unsaturated/α-hetero) is 1. The number of amides is 5. The summed E-state index contributed by atoms with van der Waals surface area (Å²) in [5, 5.41) is 11.0. The molecule has 1 heterocycles. The number of hydrogen-bond donors (Lipinski definition) is 4. The van der Waals surface area contributed by atoms with Crippen LogP contribution in [0.1, 0.15) is 75.2 Å². The third kappa shape index (κ3) is 8.73. The highest BCUT2D eigenvalue weighted by atomic mass is 32.2. The van der Waals surface area contributed by atoms with E-state index in [1.165, 1.54) is 22.3 Å². The van der Waals surface area contributed by atoms with E-state index in [0.29, 0.717) is 19.4 Å². The lowest BCUT2D eigenvalue weighted by atomic mass is 9.85. The van der Waals surface area contributed by atoms with Gasteiger partial charge in [0.2, 0.25) is 27.6 Å². The van der Waals surface area contributed by atoms with Crippen LogP contribution in [0.4, 0.5) is 4.79 Å². The van der Waals surface area contributed by atoms with Crippen LogP contribution in [0, 0.1) is 34.0 Å². The van der Waals surface area contributed by atoms with Gasteiger partial charge in [-0.15, -0.1) is 6.58 Å². The highest BCUT2D eigenvalue weighted by molar-refractivity contribution is 7.89. The molecule has 266 valence electrons. The Bertz CT molecular complexity index is 1360. The first-order valence-corrected chi connectivity index (χ1v) is 18.1. The molecule has 4 N–H and O–H groups in total. The molecule has 2 saturated carbocycles. The summed E-state index contributed by atoms with van der Waals surface area (Å²) in [6.45, 7) is 20.8. The Labute approximate surface area is 280 Å². The van der Waals surface area contributed by atoms with Gasteiger partial charge in [0.05, 0.1) is 5.75 Å². The largest absolute Gasteiger partial charge is 0.346 e. The van der Waals surface area contributed by atoms with E-state index in [-0.39, 0.29) is 42.0 Å². The van der Waals surface area contributed by atoms with Crippen LogP contribution < -0.4 is 21.3 Å². The van der Waals surface area contributed by atoms with E-state index in [0.717, 1.165) is 0 Å². The molecule has 3 rings (SSSR count). The van der Waals surface area contributed by atoms with E-state index in [1.54, 1.807) is 6.92 Å². The number of nitrogens with one attached hydrogen (secondary N) is 4. The molecule has 3 aliphatic rings.